The van der Waals surface area contributed by atoms with E-state index in [9.17, 15) is 14.0 Å². The molecule has 0 saturated carbocycles. The van der Waals surface area contributed by atoms with E-state index in [0.29, 0.717) is 56.8 Å². The number of piperidine rings is 1. The fraction of sp³-hybridized carbons (Fsp3) is 0.550. The van der Waals surface area contributed by atoms with Crippen molar-refractivity contribution >= 4 is 17.5 Å². The number of nitrogens with zero attached hydrogens (tertiary/aromatic N) is 4. The van der Waals surface area contributed by atoms with E-state index in [4.69, 9.17) is 5.26 Å². The van der Waals surface area contributed by atoms with E-state index in [1.807, 2.05) is 17.9 Å². The van der Waals surface area contributed by atoms with Crippen LogP contribution < -0.4 is 4.90 Å². The average molecular weight is 372 g/mol. The minimum absolute atomic E-state index is 0.0143. The molecule has 1 aromatic rings. The van der Waals surface area contributed by atoms with E-state index in [0.717, 1.165) is 6.42 Å². The molecule has 0 bridgehead atoms. The number of hydrogen-bond acceptors (Lipinski definition) is 4. The Bertz CT molecular complexity index is 753. The molecular weight excluding hydrogens is 347 g/mol. The first-order chi connectivity index (χ1) is 13.0. The van der Waals surface area contributed by atoms with E-state index in [-0.39, 0.29) is 24.3 Å². The van der Waals surface area contributed by atoms with Gasteiger partial charge in [-0.3, -0.25) is 9.59 Å². The third kappa shape index (κ3) is 4.21. The van der Waals surface area contributed by atoms with Gasteiger partial charge in [0.15, 0.2) is 0 Å². The number of nitriles is 1. The third-order valence-corrected chi connectivity index (χ3v) is 5.49. The maximum absolute atomic E-state index is 14.2. The van der Waals surface area contributed by atoms with Crippen molar-refractivity contribution in [3.05, 3.63) is 29.6 Å². The molecule has 3 rings (SSSR count). The van der Waals surface area contributed by atoms with E-state index >= 15 is 0 Å². The van der Waals surface area contributed by atoms with Crippen molar-refractivity contribution in [2.24, 2.45) is 5.92 Å². The molecule has 2 heterocycles. The number of anilines is 1. The summed E-state index contributed by atoms with van der Waals surface area (Å²) in [6, 6.07) is 6.41. The van der Waals surface area contributed by atoms with E-state index in [1.165, 1.54) is 6.07 Å². The highest BCUT2D eigenvalue weighted by Crippen LogP contribution is 2.27. The summed E-state index contributed by atoms with van der Waals surface area (Å²) in [7, 11) is 0. The lowest BCUT2D eigenvalue weighted by atomic mass is 9.94. The second-order valence-corrected chi connectivity index (χ2v) is 7.13. The van der Waals surface area contributed by atoms with Crippen LogP contribution in [-0.4, -0.2) is 60.9 Å². The van der Waals surface area contributed by atoms with E-state index < -0.39 is 5.82 Å². The van der Waals surface area contributed by atoms with Crippen LogP contribution in [0.15, 0.2) is 18.2 Å². The predicted octanol–water partition coefficient (Wildman–Crippen LogP) is 1.99. The molecule has 0 unspecified atom stereocenters. The van der Waals surface area contributed by atoms with Gasteiger partial charge in [0, 0.05) is 38.6 Å². The average Bonchev–Trinajstić information content (AvgIpc) is 2.88. The van der Waals surface area contributed by atoms with Crippen molar-refractivity contribution in [3.8, 4) is 6.07 Å². The van der Waals surface area contributed by atoms with Crippen LogP contribution in [0.1, 0.15) is 31.7 Å². The molecule has 2 aliphatic rings. The quantitative estimate of drug-likeness (QED) is 0.814. The predicted molar refractivity (Wildman–Crippen MR) is 99.5 cm³/mol. The molecule has 1 aromatic carbocycles. The largest absolute Gasteiger partial charge is 0.369 e. The molecule has 0 N–H and O–H groups in total. The van der Waals surface area contributed by atoms with Gasteiger partial charge in [-0.25, -0.2) is 4.39 Å². The standard InChI is InChI=1S/C20H25FN4O2/c1-2-23-8-3-9-25(14-19(23)26)20(27)16-6-10-24(11-7-16)18-5-4-15(13-22)12-17(18)21/h4-5,12,16H,2-3,6-11,14H2,1H3. The molecule has 0 aromatic heterocycles. The molecule has 0 atom stereocenters. The van der Waals surface area contributed by atoms with Gasteiger partial charge in [-0.05, 0) is 44.4 Å². The number of carbonyl (C=O) groups excluding carboxylic acids is 2. The third-order valence-electron chi connectivity index (χ3n) is 5.49. The molecule has 27 heavy (non-hydrogen) atoms. The number of halogens is 1. The highest BCUT2D eigenvalue weighted by molar-refractivity contribution is 5.86. The zero-order valence-electron chi connectivity index (χ0n) is 15.7. The van der Waals surface area contributed by atoms with Gasteiger partial charge in [0.1, 0.15) is 5.82 Å². The lowest BCUT2D eigenvalue weighted by Crippen LogP contribution is -2.45. The normalized spacial score (nSPS) is 19.0. The van der Waals surface area contributed by atoms with Gasteiger partial charge >= 0.3 is 0 Å². The summed E-state index contributed by atoms with van der Waals surface area (Å²) in [5.74, 6) is -0.470. The molecule has 0 radical (unpaired) electrons. The first kappa shape index (κ1) is 19.2. The molecule has 144 valence electrons. The molecule has 0 aliphatic carbocycles. The summed E-state index contributed by atoms with van der Waals surface area (Å²) < 4.78 is 14.2. The molecule has 2 saturated heterocycles. The Hall–Kier alpha value is -2.62. The minimum Gasteiger partial charge on any atom is -0.369 e. The number of carbonyl (C=O) groups is 2. The summed E-state index contributed by atoms with van der Waals surface area (Å²) in [6.07, 6.45) is 2.08. The molecule has 2 aliphatic heterocycles. The van der Waals surface area contributed by atoms with Crippen LogP contribution >= 0.6 is 0 Å². The molecule has 0 spiro atoms. The zero-order valence-corrected chi connectivity index (χ0v) is 15.7. The highest BCUT2D eigenvalue weighted by atomic mass is 19.1. The molecular formula is C20H25FN4O2. The van der Waals surface area contributed by atoms with Gasteiger partial charge in [0.05, 0.1) is 23.9 Å². The lowest BCUT2D eigenvalue weighted by molar-refractivity contribution is -0.141. The summed E-state index contributed by atoms with van der Waals surface area (Å²) in [5.41, 5.74) is 0.775. The number of rotatable bonds is 3. The SMILES string of the molecule is CCN1CCCN(C(=O)C2CCN(c3ccc(C#N)cc3F)CC2)CC1=O. The van der Waals surface area contributed by atoms with Crippen molar-refractivity contribution < 1.29 is 14.0 Å². The van der Waals surface area contributed by atoms with Crippen LogP contribution in [0.25, 0.3) is 0 Å². The number of benzene rings is 1. The lowest BCUT2D eigenvalue weighted by Gasteiger charge is -2.35. The molecule has 2 fully saturated rings. The Morgan fingerprint density at radius 2 is 2.00 bits per heavy atom. The maximum Gasteiger partial charge on any atom is 0.242 e. The minimum atomic E-state index is -0.406. The van der Waals surface area contributed by atoms with Crippen molar-refractivity contribution in [2.45, 2.75) is 26.2 Å². The van der Waals surface area contributed by atoms with Gasteiger partial charge in [-0.2, -0.15) is 5.26 Å². The Morgan fingerprint density at radius 3 is 2.63 bits per heavy atom. The molecule has 2 amide bonds. The first-order valence-corrected chi connectivity index (χ1v) is 9.54. The zero-order chi connectivity index (χ0) is 19.4. The van der Waals surface area contributed by atoms with Crippen LogP contribution in [0.3, 0.4) is 0 Å². The number of amides is 2. The Kier molecular flexibility index (Phi) is 5.94. The van der Waals surface area contributed by atoms with Gasteiger partial charge in [-0.1, -0.05) is 0 Å². The van der Waals surface area contributed by atoms with E-state index in [1.54, 1.807) is 21.9 Å². The van der Waals surface area contributed by atoms with Crippen molar-refractivity contribution in [1.82, 2.24) is 9.80 Å². The number of likely N-dealkylation sites (N-methyl/N-ethyl adjacent to an activating group) is 1. The Labute approximate surface area is 159 Å². The first-order valence-electron chi connectivity index (χ1n) is 9.54. The van der Waals surface area contributed by atoms with E-state index in [2.05, 4.69) is 0 Å². The van der Waals surface area contributed by atoms with Crippen LogP contribution in [0.2, 0.25) is 0 Å². The van der Waals surface area contributed by atoms with Crippen LogP contribution in [0.4, 0.5) is 10.1 Å². The van der Waals surface area contributed by atoms with Gasteiger partial charge in [-0.15, -0.1) is 0 Å². The second kappa shape index (κ2) is 8.38. The van der Waals surface area contributed by atoms with Crippen molar-refractivity contribution in [2.75, 3.05) is 44.2 Å². The fourth-order valence-corrected chi connectivity index (χ4v) is 3.90. The summed E-state index contributed by atoms with van der Waals surface area (Å²) in [5, 5.41) is 8.85. The fourth-order valence-electron chi connectivity index (χ4n) is 3.90. The van der Waals surface area contributed by atoms with Crippen LogP contribution in [0, 0.1) is 23.1 Å². The summed E-state index contributed by atoms with van der Waals surface area (Å²) in [4.78, 5) is 30.5. The maximum atomic E-state index is 14.2. The van der Waals surface area contributed by atoms with Crippen LogP contribution in [0.5, 0.6) is 0 Å². The monoisotopic (exact) mass is 372 g/mol. The second-order valence-electron chi connectivity index (χ2n) is 7.13. The summed E-state index contributed by atoms with van der Waals surface area (Å²) >= 11 is 0. The van der Waals surface area contributed by atoms with Gasteiger partial charge in [0.25, 0.3) is 0 Å². The van der Waals surface area contributed by atoms with Gasteiger partial charge in [0.2, 0.25) is 11.8 Å². The molecule has 6 nitrogen and oxygen atoms in total. The van der Waals surface area contributed by atoms with Gasteiger partial charge < -0.3 is 14.7 Å². The number of hydrogen-bond donors (Lipinski definition) is 0. The van der Waals surface area contributed by atoms with Crippen LogP contribution in [-0.2, 0) is 9.59 Å². The Balaban J connectivity index is 1.59. The highest BCUT2D eigenvalue weighted by Gasteiger charge is 2.32. The topological polar surface area (TPSA) is 67.7 Å². The van der Waals surface area contributed by atoms with Crippen molar-refractivity contribution in [3.63, 3.8) is 0 Å². The van der Waals surface area contributed by atoms with Crippen molar-refractivity contribution in [1.29, 1.82) is 5.26 Å². The molecule has 7 heteroatoms. The smallest absolute Gasteiger partial charge is 0.242 e. The summed E-state index contributed by atoms with van der Waals surface area (Å²) in [6.45, 7) is 5.28. The Morgan fingerprint density at radius 1 is 1.26 bits per heavy atom.